The van der Waals surface area contributed by atoms with E-state index in [1.165, 1.54) is 0 Å². The summed E-state index contributed by atoms with van der Waals surface area (Å²) in [7, 11) is 0. The molecule has 0 aromatic carbocycles. The van der Waals surface area contributed by atoms with Gasteiger partial charge in [-0.05, 0) is 13.8 Å². The fourth-order valence-electron chi connectivity index (χ4n) is 0.906. The first-order chi connectivity index (χ1) is 6.06. The van der Waals surface area contributed by atoms with Crippen molar-refractivity contribution in [2.45, 2.75) is 39.2 Å². The molecule has 0 amide bonds. The summed E-state index contributed by atoms with van der Waals surface area (Å²) in [6.45, 7) is 3.60. The van der Waals surface area contributed by atoms with Gasteiger partial charge in [0.2, 0.25) is 0 Å². The van der Waals surface area contributed by atoms with Crippen molar-refractivity contribution in [2.24, 2.45) is 0 Å². The second-order valence-corrected chi connectivity index (χ2v) is 2.90. The zero-order valence-electron chi connectivity index (χ0n) is 8.08. The van der Waals surface area contributed by atoms with Crippen LogP contribution in [0.1, 0.15) is 33.1 Å². The highest BCUT2D eigenvalue weighted by atomic mass is 16.5. The van der Waals surface area contributed by atoms with Crippen LogP contribution < -0.4 is 0 Å². The lowest BCUT2D eigenvalue weighted by atomic mass is 10.1. The molecule has 0 aliphatic rings. The molecule has 1 N–H and O–H groups in total. The molecular formula is C9H16O4. The minimum absolute atomic E-state index is 0.108. The Morgan fingerprint density at radius 3 is 2.46 bits per heavy atom. The van der Waals surface area contributed by atoms with Gasteiger partial charge in [-0.2, -0.15) is 0 Å². The van der Waals surface area contributed by atoms with Crippen LogP contribution in [-0.4, -0.2) is 29.6 Å². The third-order valence-electron chi connectivity index (χ3n) is 1.44. The fraction of sp³-hybridized carbons (Fsp3) is 0.778. The predicted molar refractivity (Wildman–Crippen MR) is 47.2 cm³/mol. The Labute approximate surface area is 77.9 Å². The summed E-state index contributed by atoms with van der Waals surface area (Å²) in [4.78, 5) is 21.8. The number of Topliss-reactive ketones (excluding diaryl/α,β-unsaturated/α-hetero) is 1. The second-order valence-electron chi connectivity index (χ2n) is 2.90. The molecule has 13 heavy (non-hydrogen) atoms. The Balaban J connectivity index is 3.52. The minimum Gasteiger partial charge on any atom is -0.466 e. The number of hydrogen-bond donors (Lipinski definition) is 1. The van der Waals surface area contributed by atoms with Gasteiger partial charge in [-0.15, -0.1) is 0 Å². The summed E-state index contributed by atoms with van der Waals surface area (Å²) in [6.07, 6.45) is -0.252. The smallest absolute Gasteiger partial charge is 0.306 e. The normalized spacial score (nSPS) is 12.2. The van der Waals surface area contributed by atoms with Crippen molar-refractivity contribution < 1.29 is 19.4 Å². The number of rotatable bonds is 6. The molecule has 0 fully saturated rings. The molecule has 4 heteroatoms. The predicted octanol–water partition coefficient (Wildman–Crippen LogP) is 0.670. The van der Waals surface area contributed by atoms with Crippen LogP contribution in [0, 0.1) is 0 Å². The van der Waals surface area contributed by atoms with E-state index in [1.807, 2.05) is 0 Å². The molecule has 0 saturated heterocycles. The molecule has 0 bridgehead atoms. The Bertz CT molecular complexity index is 174. The summed E-state index contributed by atoms with van der Waals surface area (Å²) >= 11 is 0. The van der Waals surface area contributed by atoms with E-state index in [-0.39, 0.29) is 31.0 Å². The van der Waals surface area contributed by atoms with Gasteiger partial charge in [0.25, 0.3) is 0 Å². The molecule has 1 unspecified atom stereocenters. The van der Waals surface area contributed by atoms with E-state index >= 15 is 0 Å². The van der Waals surface area contributed by atoms with Crippen LogP contribution in [0.15, 0.2) is 0 Å². The first kappa shape index (κ1) is 12.1. The van der Waals surface area contributed by atoms with Gasteiger partial charge in [-0.1, -0.05) is 0 Å². The number of ether oxygens (including phenoxy) is 1. The average molecular weight is 188 g/mol. The first-order valence-corrected chi connectivity index (χ1v) is 4.41. The SMILES string of the molecule is CCOC(=O)CCC(=O)CC(C)O. The Hall–Kier alpha value is -0.900. The van der Waals surface area contributed by atoms with Crippen LogP contribution in [0.2, 0.25) is 0 Å². The highest BCUT2D eigenvalue weighted by Crippen LogP contribution is 2.00. The molecule has 0 spiro atoms. The molecule has 0 aliphatic heterocycles. The zero-order valence-corrected chi connectivity index (χ0v) is 8.08. The zero-order chi connectivity index (χ0) is 10.3. The van der Waals surface area contributed by atoms with Crippen LogP contribution in [-0.2, 0) is 14.3 Å². The molecule has 0 aromatic heterocycles. The van der Waals surface area contributed by atoms with Gasteiger partial charge in [0.1, 0.15) is 5.78 Å². The van der Waals surface area contributed by atoms with Crippen LogP contribution in [0.5, 0.6) is 0 Å². The quantitative estimate of drug-likeness (QED) is 0.622. The van der Waals surface area contributed by atoms with Gasteiger partial charge in [0.05, 0.1) is 19.1 Å². The van der Waals surface area contributed by atoms with Crippen molar-refractivity contribution in [1.82, 2.24) is 0 Å². The molecule has 76 valence electrons. The highest BCUT2D eigenvalue weighted by Gasteiger charge is 2.09. The highest BCUT2D eigenvalue weighted by molar-refractivity contribution is 5.83. The monoisotopic (exact) mass is 188 g/mol. The molecule has 0 aliphatic carbocycles. The maximum atomic E-state index is 11.0. The van der Waals surface area contributed by atoms with Crippen molar-refractivity contribution in [3.8, 4) is 0 Å². The Morgan fingerprint density at radius 1 is 1.38 bits per heavy atom. The van der Waals surface area contributed by atoms with E-state index in [0.29, 0.717) is 6.61 Å². The maximum Gasteiger partial charge on any atom is 0.306 e. The molecule has 0 heterocycles. The molecule has 0 rings (SSSR count). The molecule has 1 atom stereocenters. The van der Waals surface area contributed by atoms with Gasteiger partial charge < -0.3 is 9.84 Å². The number of carbonyl (C=O) groups is 2. The van der Waals surface area contributed by atoms with Gasteiger partial charge in [-0.25, -0.2) is 0 Å². The Kier molecular flexibility index (Phi) is 6.14. The topological polar surface area (TPSA) is 63.6 Å². The molecule has 4 nitrogen and oxygen atoms in total. The summed E-state index contributed by atoms with van der Waals surface area (Å²) in [5.74, 6) is -0.468. The van der Waals surface area contributed by atoms with Crippen molar-refractivity contribution in [3.63, 3.8) is 0 Å². The van der Waals surface area contributed by atoms with E-state index in [4.69, 9.17) is 5.11 Å². The van der Waals surface area contributed by atoms with E-state index in [1.54, 1.807) is 13.8 Å². The lowest BCUT2D eigenvalue weighted by Crippen LogP contribution is -2.12. The summed E-state index contributed by atoms with van der Waals surface area (Å²) in [5, 5.41) is 8.85. The number of hydrogen-bond acceptors (Lipinski definition) is 4. The number of ketones is 1. The second kappa shape index (κ2) is 6.60. The third-order valence-corrected chi connectivity index (χ3v) is 1.44. The molecular weight excluding hydrogens is 172 g/mol. The maximum absolute atomic E-state index is 11.0. The molecule has 0 saturated carbocycles. The minimum atomic E-state index is -0.630. The van der Waals surface area contributed by atoms with Crippen molar-refractivity contribution >= 4 is 11.8 Å². The van der Waals surface area contributed by atoms with Crippen LogP contribution in [0.25, 0.3) is 0 Å². The number of carbonyl (C=O) groups excluding carboxylic acids is 2. The molecule has 0 aromatic rings. The standard InChI is InChI=1S/C9H16O4/c1-3-13-9(12)5-4-8(11)6-7(2)10/h7,10H,3-6H2,1-2H3. The van der Waals surface area contributed by atoms with Crippen LogP contribution in [0.3, 0.4) is 0 Å². The van der Waals surface area contributed by atoms with E-state index < -0.39 is 6.10 Å². The number of aliphatic hydroxyl groups excluding tert-OH is 1. The summed E-state index contributed by atoms with van der Waals surface area (Å²) in [5.41, 5.74) is 0. The molecule has 0 radical (unpaired) electrons. The first-order valence-electron chi connectivity index (χ1n) is 4.41. The number of aliphatic hydroxyl groups is 1. The van der Waals surface area contributed by atoms with Gasteiger partial charge in [0.15, 0.2) is 0 Å². The number of esters is 1. The summed E-state index contributed by atoms with van der Waals surface area (Å²) in [6, 6.07) is 0. The average Bonchev–Trinajstić information content (AvgIpc) is 2.00. The largest absolute Gasteiger partial charge is 0.466 e. The lowest BCUT2D eigenvalue weighted by molar-refractivity contribution is -0.144. The van der Waals surface area contributed by atoms with Crippen LogP contribution >= 0.6 is 0 Å². The van der Waals surface area contributed by atoms with Crippen molar-refractivity contribution in [3.05, 3.63) is 0 Å². The summed E-state index contributed by atoms with van der Waals surface area (Å²) < 4.78 is 4.64. The van der Waals surface area contributed by atoms with Crippen LogP contribution in [0.4, 0.5) is 0 Å². The van der Waals surface area contributed by atoms with Gasteiger partial charge in [-0.3, -0.25) is 9.59 Å². The Morgan fingerprint density at radius 2 is 2.00 bits per heavy atom. The van der Waals surface area contributed by atoms with E-state index in [0.717, 1.165) is 0 Å². The van der Waals surface area contributed by atoms with Crippen molar-refractivity contribution in [1.29, 1.82) is 0 Å². The fourth-order valence-corrected chi connectivity index (χ4v) is 0.906. The van der Waals surface area contributed by atoms with Gasteiger partial charge >= 0.3 is 5.97 Å². The lowest BCUT2D eigenvalue weighted by Gasteiger charge is -2.03. The van der Waals surface area contributed by atoms with E-state index in [2.05, 4.69) is 4.74 Å². The van der Waals surface area contributed by atoms with Crippen molar-refractivity contribution in [2.75, 3.05) is 6.61 Å². The van der Waals surface area contributed by atoms with Gasteiger partial charge in [0, 0.05) is 12.8 Å². The third kappa shape index (κ3) is 7.46. The van der Waals surface area contributed by atoms with E-state index in [9.17, 15) is 9.59 Å².